The predicted molar refractivity (Wildman–Crippen MR) is 83.7 cm³/mol. The van der Waals surface area contributed by atoms with Crippen LogP contribution in [0.15, 0.2) is 0 Å². The average molecular weight is 292 g/mol. The maximum absolute atomic E-state index is 11.0. The molecule has 0 bridgehead atoms. The molecule has 4 aliphatic rings. The Morgan fingerprint density at radius 3 is 2.48 bits per heavy atom. The minimum atomic E-state index is -0.185. The Morgan fingerprint density at radius 1 is 0.857 bits per heavy atom. The Labute approximate surface area is 129 Å². The molecule has 8 atom stereocenters. The van der Waals surface area contributed by atoms with Crippen molar-refractivity contribution >= 4 is 0 Å². The second-order valence-electron chi connectivity index (χ2n) is 9.19. The third kappa shape index (κ3) is 1.84. The Morgan fingerprint density at radius 2 is 1.67 bits per heavy atom. The number of rotatable bonds is 0. The van der Waals surface area contributed by atoms with Gasteiger partial charge in [-0.25, -0.2) is 0 Å². The molecule has 0 heterocycles. The maximum atomic E-state index is 11.0. The van der Waals surface area contributed by atoms with Gasteiger partial charge < -0.3 is 10.2 Å². The van der Waals surface area contributed by atoms with Crippen LogP contribution in [0.4, 0.5) is 0 Å². The summed E-state index contributed by atoms with van der Waals surface area (Å²) in [6.07, 6.45) is 10.7. The highest BCUT2D eigenvalue weighted by Gasteiger charge is 2.62. The first-order valence-electron chi connectivity index (χ1n) is 9.33. The molecule has 4 aliphatic carbocycles. The lowest BCUT2D eigenvalue weighted by Gasteiger charge is -2.61. The van der Waals surface area contributed by atoms with Crippen molar-refractivity contribution in [2.45, 2.75) is 83.8 Å². The number of hydrogen-bond donors (Lipinski definition) is 2. The lowest BCUT2D eigenvalue weighted by atomic mass is 9.44. The van der Waals surface area contributed by atoms with Crippen molar-refractivity contribution < 1.29 is 10.2 Å². The van der Waals surface area contributed by atoms with Gasteiger partial charge in [-0.05, 0) is 79.4 Å². The van der Waals surface area contributed by atoms with E-state index >= 15 is 0 Å². The third-order valence-electron chi connectivity index (χ3n) is 8.46. The first-order valence-corrected chi connectivity index (χ1v) is 9.33. The van der Waals surface area contributed by atoms with Crippen LogP contribution < -0.4 is 0 Å². The van der Waals surface area contributed by atoms with E-state index in [2.05, 4.69) is 13.8 Å². The van der Waals surface area contributed by atoms with E-state index in [4.69, 9.17) is 0 Å². The average Bonchev–Trinajstić information content (AvgIpc) is 2.73. The molecule has 0 saturated heterocycles. The molecule has 0 aliphatic heterocycles. The summed E-state index contributed by atoms with van der Waals surface area (Å²) in [7, 11) is 0. The zero-order valence-electron chi connectivity index (χ0n) is 13.7. The minimum Gasteiger partial charge on any atom is -0.393 e. The van der Waals surface area contributed by atoms with Crippen molar-refractivity contribution in [3.63, 3.8) is 0 Å². The van der Waals surface area contributed by atoms with E-state index in [0.29, 0.717) is 23.2 Å². The molecule has 4 saturated carbocycles. The number of fused-ring (bicyclic) bond motifs is 5. The molecule has 120 valence electrons. The van der Waals surface area contributed by atoms with Gasteiger partial charge in [0, 0.05) is 0 Å². The standard InChI is InChI=1S/C19H32O2/c1-18-10-4-3-5-12(18)6-7-13-14-8-9-16(21)19(14,2)11-15(20)17(13)18/h12-17,20-21H,3-11H2,1-2H3/t12-,13+,14+,15-,16+,17-,18+,19+/m1/s1. The summed E-state index contributed by atoms with van der Waals surface area (Å²) >= 11 is 0. The van der Waals surface area contributed by atoms with Crippen molar-refractivity contribution in [1.29, 1.82) is 0 Å². The van der Waals surface area contributed by atoms with E-state index in [1.54, 1.807) is 0 Å². The van der Waals surface area contributed by atoms with Gasteiger partial charge in [-0.15, -0.1) is 0 Å². The van der Waals surface area contributed by atoms with E-state index in [1.807, 2.05) is 0 Å². The smallest absolute Gasteiger partial charge is 0.0597 e. The maximum Gasteiger partial charge on any atom is 0.0597 e. The monoisotopic (exact) mass is 292 g/mol. The fourth-order valence-electron chi connectivity index (χ4n) is 7.39. The van der Waals surface area contributed by atoms with Crippen LogP contribution in [0.25, 0.3) is 0 Å². The van der Waals surface area contributed by atoms with Gasteiger partial charge in [0.05, 0.1) is 12.2 Å². The van der Waals surface area contributed by atoms with Crippen LogP contribution in [0.2, 0.25) is 0 Å². The van der Waals surface area contributed by atoms with Crippen LogP contribution in [-0.4, -0.2) is 22.4 Å². The van der Waals surface area contributed by atoms with Crippen molar-refractivity contribution in [2.75, 3.05) is 0 Å². The molecule has 0 radical (unpaired) electrons. The highest BCUT2D eigenvalue weighted by molar-refractivity contribution is 5.11. The predicted octanol–water partition coefficient (Wildman–Crippen LogP) is 3.75. The Hall–Kier alpha value is -0.0800. The van der Waals surface area contributed by atoms with Crippen molar-refractivity contribution in [3.05, 3.63) is 0 Å². The summed E-state index contributed by atoms with van der Waals surface area (Å²) in [6.45, 7) is 4.75. The van der Waals surface area contributed by atoms with Crippen molar-refractivity contribution in [3.8, 4) is 0 Å². The van der Waals surface area contributed by atoms with Gasteiger partial charge in [0.15, 0.2) is 0 Å². The van der Waals surface area contributed by atoms with Gasteiger partial charge in [0.2, 0.25) is 0 Å². The van der Waals surface area contributed by atoms with E-state index < -0.39 is 0 Å². The van der Waals surface area contributed by atoms with Crippen LogP contribution in [0, 0.1) is 34.5 Å². The first kappa shape index (κ1) is 14.5. The van der Waals surface area contributed by atoms with Gasteiger partial charge in [0.1, 0.15) is 0 Å². The number of hydrogen-bond acceptors (Lipinski definition) is 2. The van der Waals surface area contributed by atoms with E-state index in [9.17, 15) is 10.2 Å². The zero-order chi connectivity index (χ0) is 14.8. The summed E-state index contributed by atoms with van der Waals surface area (Å²) < 4.78 is 0. The van der Waals surface area contributed by atoms with Crippen LogP contribution in [0.3, 0.4) is 0 Å². The van der Waals surface area contributed by atoms with E-state index in [0.717, 1.165) is 18.8 Å². The number of aliphatic hydroxyl groups excluding tert-OH is 2. The first-order chi connectivity index (χ1) is 9.97. The van der Waals surface area contributed by atoms with Gasteiger partial charge >= 0.3 is 0 Å². The zero-order valence-corrected chi connectivity index (χ0v) is 13.7. The van der Waals surface area contributed by atoms with Crippen LogP contribution in [-0.2, 0) is 0 Å². The van der Waals surface area contributed by atoms with Gasteiger partial charge in [-0.1, -0.05) is 26.7 Å². The van der Waals surface area contributed by atoms with E-state index in [1.165, 1.54) is 44.9 Å². The lowest BCUT2D eigenvalue weighted by Crippen LogP contribution is -2.58. The molecule has 4 fully saturated rings. The quantitative estimate of drug-likeness (QED) is 0.714. The Kier molecular flexibility index (Phi) is 3.25. The van der Waals surface area contributed by atoms with E-state index in [-0.39, 0.29) is 17.6 Å². The molecular formula is C19H32O2. The highest BCUT2D eigenvalue weighted by Crippen LogP contribution is 2.66. The van der Waals surface area contributed by atoms with Gasteiger partial charge in [0.25, 0.3) is 0 Å². The summed E-state index contributed by atoms with van der Waals surface area (Å²) in [5.74, 6) is 2.66. The fraction of sp³-hybridized carbons (Fsp3) is 1.00. The molecular weight excluding hydrogens is 260 g/mol. The van der Waals surface area contributed by atoms with Crippen molar-refractivity contribution in [2.24, 2.45) is 34.5 Å². The lowest BCUT2D eigenvalue weighted by molar-refractivity contribution is -0.175. The van der Waals surface area contributed by atoms with Gasteiger partial charge in [-0.2, -0.15) is 0 Å². The largest absolute Gasteiger partial charge is 0.393 e. The van der Waals surface area contributed by atoms with Crippen LogP contribution >= 0.6 is 0 Å². The topological polar surface area (TPSA) is 40.5 Å². The normalized spacial score (nSPS) is 60.0. The minimum absolute atomic E-state index is 0.0154. The van der Waals surface area contributed by atoms with Crippen LogP contribution in [0.5, 0.6) is 0 Å². The molecule has 0 aromatic rings. The molecule has 2 nitrogen and oxygen atoms in total. The second kappa shape index (κ2) is 4.71. The van der Waals surface area contributed by atoms with Crippen molar-refractivity contribution in [1.82, 2.24) is 0 Å². The Balaban J connectivity index is 1.70. The van der Waals surface area contributed by atoms with Crippen LogP contribution in [0.1, 0.15) is 71.6 Å². The SMILES string of the molecule is C[C@]12CCCC[C@@H]1CC[C@@H]1[C@@H]2[C@H](O)C[C@]2(C)[C@@H](O)CC[C@@H]12. The number of aliphatic hydroxyl groups is 2. The molecule has 0 aromatic heterocycles. The molecule has 2 heteroatoms. The van der Waals surface area contributed by atoms with Gasteiger partial charge in [-0.3, -0.25) is 0 Å². The summed E-state index contributed by atoms with van der Waals surface area (Å²) in [6, 6.07) is 0. The molecule has 0 amide bonds. The third-order valence-corrected chi connectivity index (χ3v) is 8.46. The molecule has 4 rings (SSSR count). The molecule has 2 N–H and O–H groups in total. The molecule has 21 heavy (non-hydrogen) atoms. The molecule has 0 aromatic carbocycles. The molecule has 0 unspecified atom stereocenters. The fourth-order valence-corrected chi connectivity index (χ4v) is 7.39. The summed E-state index contributed by atoms with van der Waals surface area (Å²) in [5, 5.41) is 21.5. The highest BCUT2D eigenvalue weighted by atomic mass is 16.3. The Bertz CT molecular complexity index is 422. The summed E-state index contributed by atoms with van der Waals surface area (Å²) in [4.78, 5) is 0. The molecule has 0 spiro atoms. The second-order valence-corrected chi connectivity index (χ2v) is 9.19. The summed E-state index contributed by atoms with van der Waals surface area (Å²) in [5.41, 5.74) is 0.355.